The van der Waals surface area contributed by atoms with Crippen LogP contribution < -0.4 is 15.4 Å². The summed E-state index contributed by atoms with van der Waals surface area (Å²) in [5.41, 5.74) is 0. The van der Waals surface area contributed by atoms with E-state index in [1.54, 1.807) is 24.3 Å². The van der Waals surface area contributed by atoms with Crippen molar-refractivity contribution in [2.45, 2.75) is 18.9 Å². The summed E-state index contributed by atoms with van der Waals surface area (Å²) in [6.07, 6.45) is 0.974. The SMILES string of the molecule is O=C1CCC(C(=O)NCCOc2ccc(Cl)cc2)N1. The highest BCUT2D eigenvalue weighted by molar-refractivity contribution is 6.30. The predicted molar refractivity (Wildman–Crippen MR) is 71.1 cm³/mol. The monoisotopic (exact) mass is 282 g/mol. The van der Waals surface area contributed by atoms with Crippen molar-refractivity contribution in [2.75, 3.05) is 13.2 Å². The van der Waals surface area contributed by atoms with Crippen molar-refractivity contribution >= 4 is 23.4 Å². The third kappa shape index (κ3) is 4.13. The molecule has 2 N–H and O–H groups in total. The molecule has 1 heterocycles. The first-order valence-electron chi connectivity index (χ1n) is 6.10. The zero-order valence-electron chi connectivity index (χ0n) is 10.3. The Hall–Kier alpha value is -1.75. The molecular weight excluding hydrogens is 268 g/mol. The molecule has 1 atom stereocenters. The molecule has 1 aromatic carbocycles. The minimum atomic E-state index is -0.400. The van der Waals surface area contributed by atoms with E-state index in [-0.39, 0.29) is 11.8 Å². The van der Waals surface area contributed by atoms with Crippen LogP contribution in [0.25, 0.3) is 0 Å². The highest BCUT2D eigenvalue weighted by Gasteiger charge is 2.26. The average molecular weight is 283 g/mol. The van der Waals surface area contributed by atoms with E-state index in [9.17, 15) is 9.59 Å². The summed E-state index contributed by atoms with van der Waals surface area (Å²) in [6.45, 7) is 0.766. The topological polar surface area (TPSA) is 67.4 Å². The van der Waals surface area contributed by atoms with Crippen LogP contribution in [0.1, 0.15) is 12.8 Å². The highest BCUT2D eigenvalue weighted by Crippen LogP contribution is 2.15. The molecule has 6 heteroatoms. The summed E-state index contributed by atoms with van der Waals surface area (Å²) in [5, 5.41) is 5.98. The van der Waals surface area contributed by atoms with Crippen LogP contribution in [-0.4, -0.2) is 31.0 Å². The predicted octanol–water partition coefficient (Wildman–Crippen LogP) is 1.11. The third-order valence-corrected chi connectivity index (χ3v) is 3.05. The van der Waals surface area contributed by atoms with Crippen LogP contribution in [0, 0.1) is 0 Å². The van der Waals surface area contributed by atoms with Gasteiger partial charge in [0.15, 0.2) is 0 Å². The molecule has 102 valence electrons. The fourth-order valence-electron chi connectivity index (χ4n) is 1.81. The van der Waals surface area contributed by atoms with E-state index < -0.39 is 6.04 Å². The van der Waals surface area contributed by atoms with Gasteiger partial charge in [0.25, 0.3) is 0 Å². The van der Waals surface area contributed by atoms with Crippen molar-refractivity contribution in [1.29, 1.82) is 0 Å². The Morgan fingerprint density at radius 3 is 2.79 bits per heavy atom. The van der Waals surface area contributed by atoms with Crippen molar-refractivity contribution in [2.24, 2.45) is 0 Å². The van der Waals surface area contributed by atoms with Crippen molar-refractivity contribution in [3.63, 3.8) is 0 Å². The van der Waals surface area contributed by atoms with Gasteiger partial charge < -0.3 is 15.4 Å². The van der Waals surface area contributed by atoms with Gasteiger partial charge in [0.1, 0.15) is 18.4 Å². The summed E-state index contributed by atoms with van der Waals surface area (Å²) in [4.78, 5) is 22.6. The Labute approximate surface area is 116 Å². The van der Waals surface area contributed by atoms with Crippen LogP contribution in [0.15, 0.2) is 24.3 Å². The molecule has 1 aromatic rings. The molecule has 1 aliphatic heterocycles. The van der Waals surface area contributed by atoms with Crippen LogP contribution >= 0.6 is 11.6 Å². The number of carbonyl (C=O) groups excluding carboxylic acids is 2. The molecular formula is C13H15ClN2O3. The fraction of sp³-hybridized carbons (Fsp3) is 0.385. The molecule has 1 saturated heterocycles. The number of hydrogen-bond acceptors (Lipinski definition) is 3. The van der Waals surface area contributed by atoms with Crippen molar-refractivity contribution in [3.05, 3.63) is 29.3 Å². The van der Waals surface area contributed by atoms with Gasteiger partial charge in [-0.2, -0.15) is 0 Å². The van der Waals surface area contributed by atoms with Gasteiger partial charge in [-0.05, 0) is 30.7 Å². The molecule has 1 unspecified atom stereocenters. The molecule has 1 aliphatic rings. The first-order valence-corrected chi connectivity index (χ1v) is 6.48. The van der Waals surface area contributed by atoms with E-state index in [0.717, 1.165) is 0 Å². The Morgan fingerprint density at radius 1 is 1.42 bits per heavy atom. The lowest BCUT2D eigenvalue weighted by atomic mass is 10.2. The second kappa shape index (κ2) is 6.43. The molecule has 0 bridgehead atoms. The third-order valence-electron chi connectivity index (χ3n) is 2.80. The maximum absolute atomic E-state index is 11.6. The van der Waals surface area contributed by atoms with E-state index in [1.165, 1.54) is 0 Å². The average Bonchev–Trinajstić information content (AvgIpc) is 2.83. The number of benzene rings is 1. The van der Waals surface area contributed by atoms with E-state index in [2.05, 4.69) is 10.6 Å². The van der Waals surface area contributed by atoms with E-state index in [4.69, 9.17) is 16.3 Å². The summed E-state index contributed by atoms with van der Waals surface area (Å²) in [5.74, 6) is 0.468. The van der Waals surface area contributed by atoms with Crippen LogP contribution in [-0.2, 0) is 9.59 Å². The van der Waals surface area contributed by atoms with E-state index in [1.807, 2.05) is 0 Å². The first-order chi connectivity index (χ1) is 9.15. The molecule has 1 fully saturated rings. The molecule has 0 aromatic heterocycles. The summed E-state index contributed by atoms with van der Waals surface area (Å²) in [7, 11) is 0. The zero-order valence-corrected chi connectivity index (χ0v) is 11.1. The largest absolute Gasteiger partial charge is 0.492 e. The number of rotatable bonds is 5. The van der Waals surface area contributed by atoms with Gasteiger partial charge in [0, 0.05) is 11.4 Å². The Kier molecular flexibility index (Phi) is 4.63. The van der Waals surface area contributed by atoms with E-state index >= 15 is 0 Å². The molecule has 0 aliphatic carbocycles. The first kappa shape index (κ1) is 13.7. The maximum Gasteiger partial charge on any atom is 0.242 e. The van der Waals surface area contributed by atoms with Crippen molar-refractivity contribution in [3.8, 4) is 5.75 Å². The van der Waals surface area contributed by atoms with Crippen LogP contribution in [0.2, 0.25) is 5.02 Å². The molecule has 0 radical (unpaired) electrons. The van der Waals surface area contributed by atoms with Crippen LogP contribution in [0.5, 0.6) is 5.75 Å². The maximum atomic E-state index is 11.6. The summed E-state index contributed by atoms with van der Waals surface area (Å²) in [6, 6.07) is 6.61. The second-order valence-electron chi connectivity index (χ2n) is 4.25. The van der Waals surface area contributed by atoms with Gasteiger partial charge in [-0.15, -0.1) is 0 Å². The van der Waals surface area contributed by atoms with Gasteiger partial charge in [-0.25, -0.2) is 0 Å². The molecule has 5 nitrogen and oxygen atoms in total. The lowest BCUT2D eigenvalue weighted by Gasteiger charge is -2.11. The molecule has 0 spiro atoms. The Bertz CT molecular complexity index is 461. The molecule has 2 rings (SSSR count). The minimum absolute atomic E-state index is 0.0717. The zero-order chi connectivity index (χ0) is 13.7. The lowest BCUT2D eigenvalue weighted by Crippen LogP contribution is -2.42. The van der Waals surface area contributed by atoms with Crippen LogP contribution in [0.3, 0.4) is 0 Å². The smallest absolute Gasteiger partial charge is 0.242 e. The molecule has 0 saturated carbocycles. The number of hydrogen-bond donors (Lipinski definition) is 2. The Morgan fingerprint density at radius 2 is 2.16 bits per heavy atom. The standard InChI is InChI=1S/C13H15ClN2O3/c14-9-1-3-10(4-2-9)19-8-7-15-13(18)11-5-6-12(17)16-11/h1-4,11H,5-8H2,(H,15,18)(H,16,17). The summed E-state index contributed by atoms with van der Waals surface area (Å²) >= 11 is 5.75. The second-order valence-corrected chi connectivity index (χ2v) is 4.69. The van der Waals surface area contributed by atoms with Crippen LogP contribution in [0.4, 0.5) is 0 Å². The highest BCUT2D eigenvalue weighted by atomic mass is 35.5. The Balaban J connectivity index is 1.65. The number of halogens is 1. The molecule has 2 amide bonds. The van der Waals surface area contributed by atoms with Gasteiger partial charge in [0.2, 0.25) is 11.8 Å². The minimum Gasteiger partial charge on any atom is -0.492 e. The van der Waals surface area contributed by atoms with Gasteiger partial charge in [-0.3, -0.25) is 9.59 Å². The van der Waals surface area contributed by atoms with Gasteiger partial charge in [0.05, 0.1) is 6.54 Å². The number of carbonyl (C=O) groups is 2. The molecule has 19 heavy (non-hydrogen) atoms. The number of ether oxygens (including phenoxy) is 1. The number of amides is 2. The lowest BCUT2D eigenvalue weighted by molar-refractivity contribution is -0.125. The van der Waals surface area contributed by atoms with Gasteiger partial charge in [-0.1, -0.05) is 11.6 Å². The fourth-order valence-corrected chi connectivity index (χ4v) is 1.93. The van der Waals surface area contributed by atoms with Crippen molar-refractivity contribution < 1.29 is 14.3 Å². The normalized spacial score (nSPS) is 17.9. The quantitative estimate of drug-likeness (QED) is 0.795. The summed E-state index contributed by atoms with van der Waals surface area (Å²) < 4.78 is 5.43. The number of nitrogens with one attached hydrogen (secondary N) is 2. The van der Waals surface area contributed by atoms with Crippen molar-refractivity contribution in [1.82, 2.24) is 10.6 Å². The van der Waals surface area contributed by atoms with E-state index in [0.29, 0.717) is 36.8 Å². The van der Waals surface area contributed by atoms with Gasteiger partial charge >= 0.3 is 0 Å².